The van der Waals surface area contributed by atoms with E-state index >= 15 is 0 Å². The molecule has 0 spiro atoms. The van der Waals surface area contributed by atoms with Gasteiger partial charge in [-0.25, -0.2) is 4.39 Å². The van der Waals surface area contributed by atoms with Gasteiger partial charge in [-0.3, -0.25) is 30.4 Å². The third kappa shape index (κ3) is 3.05. The molecule has 122 valence electrons. The average Bonchev–Trinajstić information content (AvgIpc) is 2.54. The molecule has 9 heteroatoms. The van der Waals surface area contributed by atoms with Gasteiger partial charge in [0.05, 0.1) is 11.1 Å². The molecule has 0 aliphatic heterocycles. The molecule has 0 saturated heterocycles. The summed E-state index contributed by atoms with van der Waals surface area (Å²) in [6.07, 6.45) is 0. The summed E-state index contributed by atoms with van der Waals surface area (Å²) < 4.78 is 13.3. The Labute approximate surface area is 135 Å². The summed E-state index contributed by atoms with van der Waals surface area (Å²) >= 11 is 0. The number of aromatic amines is 1. The number of anilines is 1. The van der Waals surface area contributed by atoms with Crippen molar-refractivity contribution >= 4 is 22.8 Å². The number of nitrogens with zero attached hydrogens (tertiary/aromatic N) is 3. The number of carbonyl (C=O) groups is 1. The van der Waals surface area contributed by atoms with Gasteiger partial charge in [0.25, 0.3) is 11.5 Å². The van der Waals surface area contributed by atoms with Gasteiger partial charge in [-0.15, -0.1) is 10.2 Å². The predicted octanol–water partition coefficient (Wildman–Crippen LogP) is 1.23. The number of pyridine rings is 1. The predicted molar refractivity (Wildman–Crippen MR) is 84.9 cm³/mol. The van der Waals surface area contributed by atoms with Crippen molar-refractivity contribution in [3.8, 4) is 0 Å². The maximum atomic E-state index is 13.3. The van der Waals surface area contributed by atoms with Crippen LogP contribution in [0.1, 0.15) is 21.7 Å². The molecule has 0 saturated carbocycles. The lowest BCUT2D eigenvalue weighted by Crippen LogP contribution is -2.32. The number of aromatic nitrogens is 4. The minimum Gasteiger partial charge on any atom is -0.288 e. The van der Waals surface area contributed by atoms with Gasteiger partial charge in [0, 0.05) is 17.1 Å². The van der Waals surface area contributed by atoms with E-state index in [4.69, 9.17) is 0 Å². The van der Waals surface area contributed by atoms with E-state index in [0.717, 1.165) is 0 Å². The van der Waals surface area contributed by atoms with E-state index < -0.39 is 17.3 Å². The molecule has 3 aromatic rings. The first kappa shape index (κ1) is 15.5. The van der Waals surface area contributed by atoms with Crippen LogP contribution >= 0.6 is 0 Å². The number of rotatable bonds is 3. The molecule has 0 fully saturated rings. The van der Waals surface area contributed by atoms with E-state index in [0.29, 0.717) is 22.2 Å². The third-order valence-electron chi connectivity index (χ3n) is 3.30. The van der Waals surface area contributed by atoms with Crippen LogP contribution in [0.2, 0.25) is 0 Å². The van der Waals surface area contributed by atoms with Crippen molar-refractivity contribution in [3.05, 3.63) is 57.4 Å². The van der Waals surface area contributed by atoms with Crippen LogP contribution in [0.3, 0.4) is 0 Å². The summed E-state index contributed by atoms with van der Waals surface area (Å²) in [6.45, 7) is 3.22. The van der Waals surface area contributed by atoms with Crippen molar-refractivity contribution in [1.29, 1.82) is 0 Å². The summed E-state index contributed by atoms with van der Waals surface area (Å²) in [4.78, 5) is 30.5. The first-order valence-corrected chi connectivity index (χ1v) is 7.01. The second-order valence-electron chi connectivity index (χ2n) is 5.14. The van der Waals surface area contributed by atoms with Crippen LogP contribution in [-0.4, -0.2) is 26.1 Å². The monoisotopic (exact) mass is 328 g/mol. The molecule has 1 amide bonds. The van der Waals surface area contributed by atoms with Crippen molar-refractivity contribution in [2.75, 3.05) is 5.43 Å². The number of aryl methyl sites for hydroxylation is 2. The number of hydrogen-bond donors (Lipinski definition) is 3. The van der Waals surface area contributed by atoms with E-state index in [1.54, 1.807) is 13.0 Å². The Morgan fingerprint density at radius 3 is 2.75 bits per heavy atom. The van der Waals surface area contributed by atoms with E-state index in [-0.39, 0.29) is 11.6 Å². The van der Waals surface area contributed by atoms with Crippen LogP contribution in [-0.2, 0) is 0 Å². The van der Waals surface area contributed by atoms with E-state index in [1.807, 2.05) is 0 Å². The molecular formula is C15H13FN6O2. The van der Waals surface area contributed by atoms with E-state index in [9.17, 15) is 14.0 Å². The lowest BCUT2D eigenvalue weighted by Gasteiger charge is -2.10. The van der Waals surface area contributed by atoms with Gasteiger partial charge in [-0.05, 0) is 32.0 Å². The Morgan fingerprint density at radius 2 is 2.00 bits per heavy atom. The highest BCUT2D eigenvalue weighted by Gasteiger charge is 2.13. The molecule has 0 unspecified atom stereocenters. The molecule has 3 N–H and O–H groups in total. The normalized spacial score (nSPS) is 10.6. The molecule has 24 heavy (non-hydrogen) atoms. The molecular weight excluding hydrogens is 315 g/mol. The van der Waals surface area contributed by atoms with E-state index in [1.165, 1.54) is 25.1 Å². The Kier molecular flexibility index (Phi) is 3.90. The number of H-pyrrole nitrogens is 1. The number of benzene rings is 1. The summed E-state index contributed by atoms with van der Waals surface area (Å²) in [5.41, 5.74) is 5.96. The van der Waals surface area contributed by atoms with Gasteiger partial charge in [-0.1, -0.05) is 0 Å². The average molecular weight is 328 g/mol. The summed E-state index contributed by atoms with van der Waals surface area (Å²) in [6, 6.07) is 5.59. The lowest BCUT2D eigenvalue weighted by atomic mass is 10.1. The van der Waals surface area contributed by atoms with Crippen LogP contribution < -0.4 is 16.4 Å². The molecule has 0 bridgehead atoms. The van der Waals surface area contributed by atoms with Crippen molar-refractivity contribution < 1.29 is 9.18 Å². The zero-order chi connectivity index (χ0) is 17.3. The highest BCUT2D eigenvalue weighted by molar-refractivity contribution is 6.06. The van der Waals surface area contributed by atoms with Crippen molar-refractivity contribution in [1.82, 2.24) is 25.6 Å². The maximum absolute atomic E-state index is 13.3. The fourth-order valence-electron chi connectivity index (χ4n) is 2.15. The van der Waals surface area contributed by atoms with Crippen molar-refractivity contribution in [2.24, 2.45) is 0 Å². The number of carbonyl (C=O) groups excluding carboxylic acids is 1. The number of fused-ring (bicyclic) bond motifs is 1. The Hall–Kier alpha value is -3.36. The van der Waals surface area contributed by atoms with Gasteiger partial charge < -0.3 is 0 Å². The Balaban J connectivity index is 1.88. The van der Waals surface area contributed by atoms with Gasteiger partial charge >= 0.3 is 0 Å². The number of nitrogens with one attached hydrogen (secondary N) is 3. The number of hydrogen-bond acceptors (Lipinski definition) is 6. The van der Waals surface area contributed by atoms with Crippen LogP contribution in [0.4, 0.5) is 10.3 Å². The second kappa shape index (κ2) is 6.03. The number of amides is 1. The van der Waals surface area contributed by atoms with Crippen molar-refractivity contribution in [3.63, 3.8) is 0 Å². The van der Waals surface area contributed by atoms with Gasteiger partial charge in [0.15, 0.2) is 0 Å². The van der Waals surface area contributed by atoms with Crippen LogP contribution in [0, 0.1) is 19.7 Å². The first-order valence-electron chi connectivity index (χ1n) is 7.01. The number of halogens is 1. The third-order valence-corrected chi connectivity index (χ3v) is 3.30. The topological polar surface area (TPSA) is 113 Å². The van der Waals surface area contributed by atoms with Crippen LogP contribution in [0.5, 0.6) is 0 Å². The molecule has 2 aromatic heterocycles. The quantitative estimate of drug-likeness (QED) is 0.623. The summed E-state index contributed by atoms with van der Waals surface area (Å²) in [7, 11) is 0. The minimum atomic E-state index is -0.486. The SMILES string of the molecule is Cc1cc(C(=O)NNc2nnc(C)c(=O)[nH]2)c2ccc(F)cc2n1. The summed E-state index contributed by atoms with van der Waals surface area (Å²) in [5.74, 6) is -0.919. The zero-order valence-electron chi connectivity index (χ0n) is 12.8. The van der Waals surface area contributed by atoms with Crippen LogP contribution in [0.15, 0.2) is 29.1 Å². The highest BCUT2D eigenvalue weighted by Crippen LogP contribution is 2.19. The molecule has 2 heterocycles. The van der Waals surface area contributed by atoms with Crippen LogP contribution in [0.25, 0.3) is 10.9 Å². The molecule has 0 aliphatic rings. The molecule has 3 rings (SSSR count). The first-order chi connectivity index (χ1) is 11.4. The molecule has 1 aromatic carbocycles. The second-order valence-corrected chi connectivity index (χ2v) is 5.14. The largest absolute Gasteiger partial charge is 0.288 e. The summed E-state index contributed by atoms with van der Waals surface area (Å²) in [5, 5.41) is 7.85. The fraction of sp³-hybridized carbons (Fsp3) is 0.133. The molecule has 8 nitrogen and oxygen atoms in total. The molecule has 0 aliphatic carbocycles. The smallest absolute Gasteiger partial charge is 0.274 e. The fourth-order valence-corrected chi connectivity index (χ4v) is 2.15. The van der Waals surface area contributed by atoms with E-state index in [2.05, 4.69) is 31.0 Å². The number of hydrazine groups is 1. The minimum absolute atomic E-state index is 0.0000723. The zero-order valence-corrected chi connectivity index (χ0v) is 12.8. The Bertz CT molecular complexity index is 996. The lowest BCUT2D eigenvalue weighted by molar-refractivity contribution is 0.0963. The van der Waals surface area contributed by atoms with Gasteiger partial charge in [0.2, 0.25) is 5.95 Å². The Morgan fingerprint density at radius 1 is 1.21 bits per heavy atom. The van der Waals surface area contributed by atoms with Gasteiger partial charge in [-0.2, -0.15) is 0 Å². The standard InChI is InChI=1S/C15H13FN6O2/c1-7-5-11(10-4-3-9(16)6-12(10)17-7)14(24)20-22-15-18-13(23)8(2)19-21-15/h3-6H,1-2H3,(H,20,24)(H2,18,21,22,23). The van der Waals surface area contributed by atoms with Crippen molar-refractivity contribution in [2.45, 2.75) is 13.8 Å². The molecule has 0 radical (unpaired) electrons. The van der Waals surface area contributed by atoms with Gasteiger partial charge in [0.1, 0.15) is 11.5 Å². The maximum Gasteiger partial charge on any atom is 0.274 e. The highest BCUT2D eigenvalue weighted by atomic mass is 19.1. The molecule has 0 atom stereocenters.